The summed E-state index contributed by atoms with van der Waals surface area (Å²) >= 11 is 0. The number of hydrogen-bond donors (Lipinski definition) is 1. The molecule has 1 aliphatic rings. The molecule has 1 fully saturated rings. The van der Waals surface area contributed by atoms with Crippen molar-refractivity contribution in [1.82, 2.24) is 9.78 Å². The fourth-order valence-corrected chi connectivity index (χ4v) is 2.11. The average molecular weight is 254 g/mol. The minimum absolute atomic E-state index is 0.0271. The molecule has 0 spiro atoms. The van der Waals surface area contributed by atoms with E-state index in [1.54, 1.807) is 16.5 Å². The Morgan fingerprint density at radius 3 is 2.67 bits per heavy atom. The predicted octanol–water partition coefficient (Wildman–Crippen LogP) is 0.640. The molecule has 2 rings (SSSR count). The third-order valence-corrected chi connectivity index (χ3v) is 3.08. The maximum atomic E-state index is 11.0. The van der Waals surface area contributed by atoms with Crippen LogP contribution in [-0.4, -0.2) is 38.9 Å². The largest absolute Gasteiger partial charge is 0.481 e. The van der Waals surface area contributed by atoms with E-state index in [4.69, 9.17) is 5.11 Å². The number of carboxylic acid groups (broad SMARTS) is 1. The predicted molar refractivity (Wildman–Crippen MR) is 62.6 cm³/mol. The highest BCUT2D eigenvalue weighted by molar-refractivity contribution is 5.75. The Hall–Kier alpha value is -2.12. The maximum Gasteiger partial charge on any atom is 0.333 e. The summed E-state index contributed by atoms with van der Waals surface area (Å²) in [5.41, 5.74) is 0.330. The summed E-state index contributed by atoms with van der Waals surface area (Å²) < 4.78 is 1.55. The van der Waals surface area contributed by atoms with Gasteiger partial charge in [0.1, 0.15) is 5.69 Å². The Balaban J connectivity index is 2.32. The number of anilines is 1. The molecule has 1 aromatic heterocycles. The van der Waals surface area contributed by atoms with Crippen molar-refractivity contribution in [3.05, 3.63) is 15.8 Å². The smallest absolute Gasteiger partial charge is 0.333 e. The first kappa shape index (κ1) is 12.3. The molecular weight excluding hydrogens is 240 g/mol. The molecule has 0 aliphatic carbocycles. The van der Waals surface area contributed by atoms with Crippen LogP contribution in [0.25, 0.3) is 0 Å². The van der Waals surface area contributed by atoms with E-state index in [1.807, 2.05) is 6.92 Å². The second kappa shape index (κ2) is 4.28. The lowest BCUT2D eigenvalue weighted by atomic mass is 10.0. The zero-order chi connectivity index (χ0) is 13.4. The van der Waals surface area contributed by atoms with Crippen LogP contribution < -0.4 is 4.90 Å². The standard InChI is InChI=1S/C10H14N4O4/c1-3-13-9(8(14(17)18)6(2)11-13)12-4-7(5-12)10(15)16/h7H,3-5H2,1-2H3,(H,15,16). The molecule has 1 aromatic rings. The van der Waals surface area contributed by atoms with Gasteiger partial charge in [-0.2, -0.15) is 5.10 Å². The lowest BCUT2D eigenvalue weighted by Crippen LogP contribution is -2.51. The molecule has 0 bridgehead atoms. The Labute approximate surface area is 103 Å². The van der Waals surface area contributed by atoms with Crippen molar-refractivity contribution in [2.24, 2.45) is 5.92 Å². The fraction of sp³-hybridized carbons (Fsp3) is 0.600. The van der Waals surface area contributed by atoms with Gasteiger partial charge in [-0.25, -0.2) is 4.68 Å². The third kappa shape index (κ3) is 1.79. The van der Waals surface area contributed by atoms with Gasteiger partial charge >= 0.3 is 11.7 Å². The SMILES string of the molecule is CCn1nc(C)c([N+](=O)[O-])c1N1CC(C(=O)O)C1. The van der Waals surface area contributed by atoms with E-state index in [0.29, 0.717) is 31.1 Å². The molecule has 0 radical (unpaired) electrons. The number of carbonyl (C=O) groups is 1. The monoisotopic (exact) mass is 254 g/mol. The quantitative estimate of drug-likeness (QED) is 0.625. The Morgan fingerprint density at radius 1 is 1.61 bits per heavy atom. The Morgan fingerprint density at radius 2 is 2.22 bits per heavy atom. The summed E-state index contributed by atoms with van der Waals surface area (Å²) in [6.45, 7) is 4.53. The normalized spacial score (nSPS) is 15.6. The second-order valence-corrected chi connectivity index (χ2v) is 4.27. The van der Waals surface area contributed by atoms with Crippen LogP contribution in [0.4, 0.5) is 11.5 Å². The molecule has 0 unspecified atom stereocenters. The maximum absolute atomic E-state index is 11.0. The summed E-state index contributed by atoms with van der Waals surface area (Å²) in [5, 5.41) is 24.0. The van der Waals surface area contributed by atoms with Crippen molar-refractivity contribution < 1.29 is 14.8 Å². The highest BCUT2D eigenvalue weighted by Crippen LogP contribution is 2.35. The highest BCUT2D eigenvalue weighted by Gasteiger charge is 2.39. The summed E-state index contributed by atoms with van der Waals surface area (Å²) in [7, 11) is 0. The van der Waals surface area contributed by atoms with Crippen LogP contribution in [0.3, 0.4) is 0 Å². The minimum atomic E-state index is -0.867. The topological polar surface area (TPSA) is 101 Å². The van der Waals surface area contributed by atoms with Gasteiger partial charge in [0.05, 0.1) is 10.8 Å². The van der Waals surface area contributed by atoms with E-state index in [0.717, 1.165) is 0 Å². The second-order valence-electron chi connectivity index (χ2n) is 4.27. The minimum Gasteiger partial charge on any atom is -0.481 e. The van der Waals surface area contributed by atoms with Crippen LogP contribution in [0, 0.1) is 23.0 Å². The fourth-order valence-electron chi connectivity index (χ4n) is 2.11. The van der Waals surface area contributed by atoms with Crippen molar-refractivity contribution in [2.75, 3.05) is 18.0 Å². The Kier molecular flexibility index (Phi) is 2.93. The Bertz CT molecular complexity index is 504. The van der Waals surface area contributed by atoms with Crippen molar-refractivity contribution in [3.63, 3.8) is 0 Å². The van der Waals surface area contributed by atoms with Gasteiger partial charge in [-0.3, -0.25) is 14.9 Å². The number of nitro groups is 1. The molecule has 98 valence electrons. The van der Waals surface area contributed by atoms with Crippen LogP contribution in [0.15, 0.2) is 0 Å². The number of nitrogens with zero attached hydrogens (tertiary/aromatic N) is 4. The van der Waals surface area contributed by atoms with Gasteiger partial charge in [-0.15, -0.1) is 0 Å². The van der Waals surface area contributed by atoms with E-state index in [2.05, 4.69) is 5.10 Å². The number of aliphatic carboxylic acids is 1. The van der Waals surface area contributed by atoms with Crippen LogP contribution in [-0.2, 0) is 11.3 Å². The van der Waals surface area contributed by atoms with Gasteiger partial charge < -0.3 is 10.0 Å². The van der Waals surface area contributed by atoms with Gasteiger partial charge in [0.2, 0.25) is 5.82 Å². The number of aryl methyl sites for hydroxylation is 2. The molecule has 0 saturated carbocycles. The number of aromatic nitrogens is 2. The molecule has 1 saturated heterocycles. The van der Waals surface area contributed by atoms with E-state index in [-0.39, 0.29) is 5.69 Å². The molecular formula is C10H14N4O4. The van der Waals surface area contributed by atoms with Crippen molar-refractivity contribution in [3.8, 4) is 0 Å². The summed E-state index contributed by atoms with van der Waals surface area (Å²) in [5.74, 6) is -0.907. The molecule has 8 heteroatoms. The van der Waals surface area contributed by atoms with Crippen LogP contribution in [0.2, 0.25) is 0 Å². The molecule has 0 atom stereocenters. The first-order valence-corrected chi connectivity index (χ1v) is 5.65. The van der Waals surface area contributed by atoms with Crippen LogP contribution in [0.1, 0.15) is 12.6 Å². The molecule has 8 nitrogen and oxygen atoms in total. The number of rotatable bonds is 4. The third-order valence-electron chi connectivity index (χ3n) is 3.08. The van der Waals surface area contributed by atoms with E-state index < -0.39 is 16.8 Å². The van der Waals surface area contributed by atoms with E-state index in [1.165, 1.54) is 0 Å². The highest BCUT2D eigenvalue weighted by atomic mass is 16.6. The van der Waals surface area contributed by atoms with Crippen LogP contribution in [0.5, 0.6) is 0 Å². The number of carboxylic acids is 1. The first-order valence-electron chi connectivity index (χ1n) is 5.65. The van der Waals surface area contributed by atoms with E-state index >= 15 is 0 Å². The van der Waals surface area contributed by atoms with E-state index in [9.17, 15) is 14.9 Å². The van der Waals surface area contributed by atoms with Gasteiger partial charge in [0, 0.05) is 19.6 Å². The van der Waals surface area contributed by atoms with Crippen molar-refractivity contribution in [1.29, 1.82) is 0 Å². The molecule has 2 heterocycles. The lowest BCUT2D eigenvalue weighted by Gasteiger charge is -2.37. The molecule has 1 N–H and O–H groups in total. The van der Waals surface area contributed by atoms with Gasteiger partial charge in [0.25, 0.3) is 0 Å². The first-order chi connectivity index (χ1) is 8.45. The average Bonchev–Trinajstić information content (AvgIpc) is 2.52. The van der Waals surface area contributed by atoms with Gasteiger partial charge in [-0.05, 0) is 13.8 Å². The molecule has 0 aromatic carbocycles. The van der Waals surface area contributed by atoms with Crippen molar-refractivity contribution in [2.45, 2.75) is 20.4 Å². The molecule has 0 amide bonds. The summed E-state index contributed by atoms with van der Waals surface area (Å²) in [4.78, 5) is 23.0. The lowest BCUT2D eigenvalue weighted by molar-refractivity contribution is -0.384. The molecule has 18 heavy (non-hydrogen) atoms. The molecule has 1 aliphatic heterocycles. The van der Waals surface area contributed by atoms with Gasteiger partial charge in [0.15, 0.2) is 0 Å². The number of hydrogen-bond acceptors (Lipinski definition) is 5. The summed E-state index contributed by atoms with van der Waals surface area (Å²) in [6.07, 6.45) is 0. The van der Waals surface area contributed by atoms with Gasteiger partial charge in [-0.1, -0.05) is 0 Å². The zero-order valence-electron chi connectivity index (χ0n) is 10.2. The van der Waals surface area contributed by atoms with Crippen molar-refractivity contribution >= 4 is 17.5 Å². The van der Waals surface area contributed by atoms with Crippen LogP contribution >= 0.6 is 0 Å². The summed E-state index contributed by atoms with van der Waals surface area (Å²) in [6, 6.07) is 0. The zero-order valence-corrected chi connectivity index (χ0v) is 10.2.